The average Bonchev–Trinajstić information content (AvgIpc) is 2.48. The molecule has 0 aliphatic carbocycles. The molecule has 0 aromatic rings. The Labute approximate surface area is 72.4 Å². The molecule has 0 aromatic heterocycles. The lowest BCUT2D eigenvalue weighted by molar-refractivity contribution is -0.108. The van der Waals surface area contributed by atoms with Crippen LogP contribution in [0.15, 0.2) is 0 Å². The van der Waals surface area contributed by atoms with Gasteiger partial charge in [0.2, 0.25) is 0 Å². The first-order chi connectivity index (χ1) is 5.81. The molecule has 0 spiro atoms. The van der Waals surface area contributed by atoms with Gasteiger partial charge in [-0.2, -0.15) is 0 Å². The van der Waals surface area contributed by atoms with E-state index in [1.807, 2.05) is 4.90 Å². The van der Waals surface area contributed by atoms with Crippen LogP contribution >= 0.6 is 0 Å². The van der Waals surface area contributed by atoms with E-state index in [1.165, 1.54) is 0 Å². The van der Waals surface area contributed by atoms with Gasteiger partial charge in [-0.1, -0.05) is 0 Å². The molecule has 1 aliphatic heterocycles. The van der Waals surface area contributed by atoms with Gasteiger partial charge in [-0.3, -0.25) is 4.90 Å². The summed E-state index contributed by atoms with van der Waals surface area (Å²) in [5.41, 5.74) is 0. The summed E-state index contributed by atoms with van der Waals surface area (Å²) in [7, 11) is 3.34. The molecule has 0 bridgehead atoms. The highest BCUT2D eigenvalue weighted by molar-refractivity contribution is 5.52. The largest absolute Gasteiger partial charge is 0.377 e. The summed E-state index contributed by atoms with van der Waals surface area (Å²) in [6.07, 6.45) is 1.12. The predicted molar refractivity (Wildman–Crippen MR) is 44.1 cm³/mol. The highest BCUT2D eigenvalue weighted by atomic mass is 16.5. The van der Waals surface area contributed by atoms with E-state index in [4.69, 9.17) is 9.47 Å². The summed E-state index contributed by atoms with van der Waals surface area (Å²) in [5.74, 6) is 0. The van der Waals surface area contributed by atoms with Crippen molar-refractivity contribution in [3.8, 4) is 0 Å². The summed E-state index contributed by atoms with van der Waals surface area (Å²) in [4.78, 5) is 12.3. The smallest absolute Gasteiger partial charge is 0.133 e. The molecule has 1 fully saturated rings. The lowest BCUT2D eigenvalue weighted by Gasteiger charge is -2.13. The van der Waals surface area contributed by atoms with Gasteiger partial charge in [0, 0.05) is 27.3 Å². The van der Waals surface area contributed by atoms with Crippen molar-refractivity contribution >= 4 is 6.29 Å². The van der Waals surface area contributed by atoms with Crippen molar-refractivity contribution in [2.75, 3.05) is 33.9 Å². The Morgan fingerprint density at radius 3 is 2.17 bits per heavy atom. The highest BCUT2D eigenvalue weighted by Crippen LogP contribution is 2.14. The van der Waals surface area contributed by atoms with E-state index in [0.29, 0.717) is 6.54 Å². The second-order valence-electron chi connectivity index (χ2n) is 2.93. The molecular weight excluding hydrogens is 158 g/mol. The molecule has 70 valence electrons. The quantitative estimate of drug-likeness (QED) is 0.539. The Kier molecular flexibility index (Phi) is 3.65. The first-order valence-electron chi connectivity index (χ1n) is 4.03. The monoisotopic (exact) mass is 173 g/mol. The van der Waals surface area contributed by atoms with Crippen LogP contribution in [0, 0.1) is 0 Å². The number of hydrogen-bond donors (Lipinski definition) is 0. The molecule has 1 saturated heterocycles. The Bertz CT molecular complexity index is 139. The second kappa shape index (κ2) is 4.54. The first-order valence-corrected chi connectivity index (χ1v) is 4.03. The van der Waals surface area contributed by atoms with E-state index in [2.05, 4.69) is 0 Å². The van der Waals surface area contributed by atoms with Crippen LogP contribution in [0.3, 0.4) is 0 Å². The van der Waals surface area contributed by atoms with Gasteiger partial charge in [0.25, 0.3) is 0 Å². The zero-order valence-corrected chi connectivity index (χ0v) is 7.53. The number of aldehydes is 1. The fourth-order valence-electron chi connectivity index (χ4n) is 1.53. The van der Waals surface area contributed by atoms with E-state index in [1.54, 1.807) is 14.2 Å². The molecule has 0 aromatic carbocycles. The Balaban J connectivity index is 2.41. The number of nitrogens with zero attached hydrogens (tertiary/aromatic N) is 1. The van der Waals surface area contributed by atoms with Crippen molar-refractivity contribution in [1.29, 1.82) is 0 Å². The lowest BCUT2D eigenvalue weighted by Crippen LogP contribution is -2.27. The molecule has 4 heteroatoms. The van der Waals surface area contributed by atoms with Crippen molar-refractivity contribution in [3.05, 3.63) is 0 Å². The van der Waals surface area contributed by atoms with Gasteiger partial charge in [-0.05, 0) is 0 Å². The van der Waals surface area contributed by atoms with E-state index in [9.17, 15) is 4.79 Å². The van der Waals surface area contributed by atoms with E-state index in [0.717, 1.165) is 19.4 Å². The number of ether oxygens (including phenoxy) is 2. The molecule has 0 radical (unpaired) electrons. The number of likely N-dealkylation sites (tertiary alicyclic amines) is 1. The summed E-state index contributed by atoms with van der Waals surface area (Å²) in [6, 6.07) is 0. The van der Waals surface area contributed by atoms with Crippen LogP contribution in [0.5, 0.6) is 0 Å². The van der Waals surface area contributed by atoms with Gasteiger partial charge in [0.1, 0.15) is 6.29 Å². The zero-order valence-electron chi connectivity index (χ0n) is 7.53. The van der Waals surface area contributed by atoms with Crippen LogP contribution in [0.2, 0.25) is 0 Å². The fourth-order valence-corrected chi connectivity index (χ4v) is 1.53. The number of hydrogen-bond acceptors (Lipinski definition) is 4. The maximum absolute atomic E-state index is 10.2. The normalized spacial score (nSPS) is 30.8. The fraction of sp³-hybridized carbons (Fsp3) is 0.875. The van der Waals surface area contributed by atoms with Gasteiger partial charge in [-0.25, -0.2) is 0 Å². The van der Waals surface area contributed by atoms with Crippen LogP contribution in [0.4, 0.5) is 0 Å². The molecule has 4 nitrogen and oxygen atoms in total. The third kappa shape index (κ3) is 2.03. The Morgan fingerprint density at radius 2 is 1.83 bits per heavy atom. The summed E-state index contributed by atoms with van der Waals surface area (Å²) >= 11 is 0. The third-order valence-electron chi connectivity index (χ3n) is 2.23. The van der Waals surface area contributed by atoms with Gasteiger partial charge in [0.05, 0.1) is 18.8 Å². The molecule has 1 aliphatic rings. The SMILES string of the molecule is COC1CN(CC=O)CC1OC. The minimum Gasteiger partial charge on any atom is -0.377 e. The third-order valence-corrected chi connectivity index (χ3v) is 2.23. The van der Waals surface area contributed by atoms with Crippen LogP contribution in [0.25, 0.3) is 0 Å². The van der Waals surface area contributed by atoms with Crippen molar-refractivity contribution in [2.45, 2.75) is 12.2 Å². The maximum atomic E-state index is 10.2. The van der Waals surface area contributed by atoms with Gasteiger partial charge in [-0.15, -0.1) is 0 Å². The molecule has 1 heterocycles. The molecular formula is C8H15NO3. The zero-order chi connectivity index (χ0) is 8.97. The highest BCUT2D eigenvalue weighted by Gasteiger charge is 2.32. The number of rotatable bonds is 4. The van der Waals surface area contributed by atoms with Crippen LogP contribution in [-0.4, -0.2) is 57.2 Å². The minimum atomic E-state index is 0.106. The molecule has 0 amide bonds. The number of carbonyl (C=O) groups is 1. The second-order valence-corrected chi connectivity index (χ2v) is 2.93. The van der Waals surface area contributed by atoms with E-state index in [-0.39, 0.29) is 12.2 Å². The standard InChI is InChI=1S/C8H15NO3/c1-11-7-5-9(3-4-10)6-8(7)12-2/h4,7-8H,3,5-6H2,1-2H3. The van der Waals surface area contributed by atoms with Crippen LogP contribution in [0.1, 0.15) is 0 Å². The Morgan fingerprint density at radius 1 is 1.33 bits per heavy atom. The van der Waals surface area contributed by atoms with Crippen LogP contribution in [-0.2, 0) is 14.3 Å². The number of methoxy groups -OCH3 is 2. The lowest BCUT2D eigenvalue weighted by atomic mass is 10.3. The van der Waals surface area contributed by atoms with Gasteiger partial charge in [0.15, 0.2) is 0 Å². The first kappa shape index (κ1) is 9.64. The van der Waals surface area contributed by atoms with Crippen molar-refractivity contribution in [1.82, 2.24) is 4.90 Å². The average molecular weight is 173 g/mol. The molecule has 2 unspecified atom stereocenters. The van der Waals surface area contributed by atoms with Crippen molar-refractivity contribution in [2.24, 2.45) is 0 Å². The van der Waals surface area contributed by atoms with Crippen molar-refractivity contribution < 1.29 is 14.3 Å². The molecule has 0 N–H and O–H groups in total. The molecule has 0 saturated carbocycles. The van der Waals surface area contributed by atoms with E-state index >= 15 is 0 Å². The number of carbonyl (C=O) groups excluding carboxylic acids is 1. The minimum absolute atomic E-state index is 0.106. The van der Waals surface area contributed by atoms with Gasteiger partial charge >= 0.3 is 0 Å². The summed E-state index contributed by atoms with van der Waals surface area (Å²) in [6.45, 7) is 2.04. The maximum Gasteiger partial charge on any atom is 0.133 e. The summed E-state index contributed by atoms with van der Waals surface area (Å²) < 4.78 is 10.4. The summed E-state index contributed by atoms with van der Waals surface area (Å²) in [5, 5.41) is 0. The Hall–Kier alpha value is -0.450. The molecule has 1 rings (SSSR count). The molecule has 12 heavy (non-hydrogen) atoms. The van der Waals surface area contributed by atoms with Gasteiger partial charge < -0.3 is 14.3 Å². The van der Waals surface area contributed by atoms with Crippen LogP contribution < -0.4 is 0 Å². The van der Waals surface area contributed by atoms with Crippen molar-refractivity contribution in [3.63, 3.8) is 0 Å². The van der Waals surface area contributed by atoms with E-state index < -0.39 is 0 Å². The molecule has 2 atom stereocenters. The predicted octanol–water partition coefficient (Wildman–Crippen LogP) is -0.469. The topological polar surface area (TPSA) is 38.8 Å².